The first-order chi connectivity index (χ1) is 8.25. The number of nitrogens with one attached hydrogen (secondary N) is 1. The highest BCUT2D eigenvalue weighted by molar-refractivity contribution is 5.96. The predicted octanol–water partition coefficient (Wildman–Crippen LogP) is 2.37. The maximum absolute atomic E-state index is 10.9. The van der Waals surface area contributed by atoms with Gasteiger partial charge >= 0.3 is 5.97 Å². The van der Waals surface area contributed by atoms with E-state index in [4.69, 9.17) is 5.11 Å². The van der Waals surface area contributed by atoms with Crippen molar-refractivity contribution in [1.29, 1.82) is 0 Å². The van der Waals surface area contributed by atoms with Crippen LogP contribution in [0.3, 0.4) is 0 Å². The molecule has 1 heterocycles. The molecule has 84 valence electrons. The molecule has 0 radical (unpaired) electrons. The number of hydrogen-bond donors (Lipinski definition) is 2. The maximum atomic E-state index is 10.9. The van der Waals surface area contributed by atoms with Gasteiger partial charge in [0.2, 0.25) is 0 Å². The van der Waals surface area contributed by atoms with Gasteiger partial charge in [0.15, 0.2) is 0 Å². The predicted molar refractivity (Wildman–Crippen MR) is 66.4 cm³/mol. The summed E-state index contributed by atoms with van der Waals surface area (Å²) in [5, 5.41) is 14.2. The van der Waals surface area contributed by atoms with E-state index in [1.165, 1.54) is 10.8 Å². The van der Waals surface area contributed by atoms with Gasteiger partial charge in [-0.05, 0) is 28.0 Å². The van der Waals surface area contributed by atoms with Crippen molar-refractivity contribution in [3.05, 3.63) is 53.2 Å². The molecule has 0 amide bonds. The monoisotopic (exact) mass is 225 g/mol. The molecule has 0 aliphatic carbocycles. The number of benzene rings is 2. The second-order valence-electron chi connectivity index (χ2n) is 4.07. The Hall–Kier alpha value is -2.29. The Morgan fingerprint density at radius 2 is 2.00 bits per heavy atom. The van der Waals surface area contributed by atoms with Crippen LogP contribution in [-0.2, 0) is 11.3 Å². The molecule has 3 nitrogen and oxygen atoms in total. The Kier molecular flexibility index (Phi) is 2.11. The molecule has 2 aromatic rings. The first kappa shape index (κ1) is 9.90. The fraction of sp³-hybridized carbons (Fsp3) is 0.0714. The number of hydrogen-bond acceptors (Lipinski definition) is 2. The standard InChI is InChI=1S/C14H11NO2/c16-14(17)13-7-10-6-5-9-3-1-2-4-11(9)12(10)8-15-13/h1-7,15H,8H2,(H,16,17). The smallest absolute Gasteiger partial charge is 0.351 e. The average Bonchev–Trinajstić information content (AvgIpc) is 2.38. The Bertz CT molecular complexity index is 644. The molecule has 1 aliphatic heterocycles. The second-order valence-corrected chi connectivity index (χ2v) is 4.07. The average molecular weight is 225 g/mol. The first-order valence-electron chi connectivity index (χ1n) is 5.45. The molecular formula is C14H11NO2. The SMILES string of the molecule is O=C(O)C1=Cc2ccc3ccccc3c2CN1. The molecule has 0 fully saturated rings. The number of aliphatic carboxylic acids is 1. The summed E-state index contributed by atoms with van der Waals surface area (Å²) in [4.78, 5) is 10.9. The van der Waals surface area contributed by atoms with Crippen molar-refractivity contribution in [3.63, 3.8) is 0 Å². The van der Waals surface area contributed by atoms with Crippen LogP contribution >= 0.6 is 0 Å². The molecule has 2 N–H and O–H groups in total. The molecule has 0 unspecified atom stereocenters. The minimum Gasteiger partial charge on any atom is -0.477 e. The molecule has 3 heteroatoms. The molecule has 0 atom stereocenters. The maximum Gasteiger partial charge on any atom is 0.351 e. The molecule has 0 bridgehead atoms. The van der Waals surface area contributed by atoms with Gasteiger partial charge in [0, 0.05) is 6.54 Å². The zero-order chi connectivity index (χ0) is 11.8. The van der Waals surface area contributed by atoms with Gasteiger partial charge < -0.3 is 10.4 Å². The van der Waals surface area contributed by atoms with E-state index in [-0.39, 0.29) is 5.70 Å². The lowest BCUT2D eigenvalue weighted by Crippen LogP contribution is -2.23. The van der Waals surface area contributed by atoms with Gasteiger partial charge in [0.25, 0.3) is 0 Å². The Morgan fingerprint density at radius 1 is 1.18 bits per heavy atom. The number of carbonyl (C=O) groups is 1. The van der Waals surface area contributed by atoms with Crippen molar-refractivity contribution >= 4 is 22.8 Å². The molecule has 0 spiro atoms. The summed E-state index contributed by atoms with van der Waals surface area (Å²) < 4.78 is 0. The number of fused-ring (bicyclic) bond motifs is 3. The largest absolute Gasteiger partial charge is 0.477 e. The zero-order valence-electron chi connectivity index (χ0n) is 9.10. The summed E-state index contributed by atoms with van der Waals surface area (Å²) in [7, 11) is 0. The van der Waals surface area contributed by atoms with Gasteiger partial charge in [-0.15, -0.1) is 0 Å². The normalized spacial score (nSPS) is 13.8. The van der Waals surface area contributed by atoms with E-state index in [0.29, 0.717) is 6.54 Å². The van der Waals surface area contributed by atoms with Gasteiger partial charge in [-0.1, -0.05) is 36.4 Å². The van der Waals surface area contributed by atoms with Crippen molar-refractivity contribution in [2.24, 2.45) is 0 Å². The van der Waals surface area contributed by atoms with Crippen molar-refractivity contribution in [2.75, 3.05) is 0 Å². The summed E-state index contributed by atoms with van der Waals surface area (Å²) >= 11 is 0. The van der Waals surface area contributed by atoms with Crippen molar-refractivity contribution in [3.8, 4) is 0 Å². The lowest BCUT2D eigenvalue weighted by molar-refractivity contribution is -0.133. The van der Waals surface area contributed by atoms with E-state index >= 15 is 0 Å². The summed E-state index contributed by atoms with van der Waals surface area (Å²) in [6, 6.07) is 12.1. The topological polar surface area (TPSA) is 49.3 Å². The van der Waals surface area contributed by atoms with Crippen LogP contribution in [0.5, 0.6) is 0 Å². The van der Waals surface area contributed by atoms with Gasteiger partial charge in [-0.25, -0.2) is 4.79 Å². The number of rotatable bonds is 1. The van der Waals surface area contributed by atoms with E-state index in [9.17, 15) is 4.79 Å². The van der Waals surface area contributed by atoms with Crippen LogP contribution in [0.15, 0.2) is 42.1 Å². The fourth-order valence-electron chi connectivity index (χ4n) is 2.21. The quantitative estimate of drug-likeness (QED) is 0.783. The minimum atomic E-state index is -0.913. The van der Waals surface area contributed by atoms with Gasteiger partial charge in [-0.3, -0.25) is 0 Å². The van der Waals surface area contributed by atoms with Gasteiger partial charge in [0.05, 0.1) is 0 Å². The summed E-state index contributed by atoms with van der Waals surface area (Å²) in [6.07, 6.45) is 1.69. The van der Waals surface area contributed by atoms with Crippen molar-refractivity contribution in [2.45, 2.75) is 6.54 Å². The third-order valence-electron chi connectivity index (χ3n) is 3.06. The molecule has 2 aromatic carbocycles. The first-order valence-corrected chi connectivity index (χ1v) is 5.45. The summed E-state index contributed by atoms with van der Waals surface area (Å²) in [5.74, 6) is -0.913. The molecule has 0 aromatic heterocycles. The lowest BCUT2D eigenvalue weighted by Gasteiger charge is -2.18. The third-order valence-corrected chi connectivity index (χ3v) is 3.06. The van der Waals surface area contributed by atoms with Crippen LogP contribution in [0, 0.1) is 0 Å². The highest BCUT2D eigenvalue weighted by atomic mass is 16.4. The van der Waals surface area contributed by atoms with Crippen LogP contribution in [-0.4, -0.2) is 11.1 Å². The molecule has 17 heavy (non-hydrogen) atoms. The number of carboxylic acids is 1. The Morgan fingerprint density at radius 3 is 2.82 bits per heavy atom. The van der Waals surface area contributed by atoms with E-state index in [1.54, 1.807) is 6.08 Å². The number of carboxylic acid groups (broad SMARTS) is 1. The fourth-order valence-corrected chi connectivity index (χ4v) is 2.21. The van der Waals surface area contributed by atoms with Crippen LogP contribution in [0.2, 0.25) is 0 Å². The minimum absolute atomic E-state index is 0.257. The lowest BCUT2D eigenvalue weighted by atomic mass is 9.96. The van der Waals surface area contributed by atoms with E-state index < -0.39 is 5.97 Å². The third kappa shape index (κ3) is 1.56. The summed E-state index contributed by atoms with van der Waals surface area (Å²) in [6.45, 7) is 0.564. The van der Waals surface area contributed by atoms with E-state index in [1.807, 2.05) is 24.3 Å². The Balaban J connectivity index is 2.24. The van der Waals surface area contributed by atoms with Crippen LogP contribution in [0.1, 0.15) is 11.1 Å². The molecule has 0 saturated heterocycles. The van der Waals surface area contributed by atoms with Crippen LogP contribution in [0.25, 0.3) is 16.8 Å². The zero-order valence-corrected chi connectivity index (χ0v) is 9.10. The molecule has 0 saturated carbocycles. The van der Waals surface area contributed by atoms with Crippen molar-refractivity contribution in [1.82, 2.24) is 5.32 Å². The highest BCUT2D eigenvalue weighted by Gasteiger charge is 2.15. The van der Waals surface area contributed by atoms with Gasteiger partial charge in [-0.2, -0.15) is 0 Å². The molecule has 3 rings (SSSR count). The second kappa shape index (κ2) is 3.63. The highest BCUT2D eigenvalue weighted by Crippen LogP contribution is 2.26. The van der Waals surface area contributed by atoms with E-state index in [2.05, 4.69) is 17.4 Å². The Labute approximate surface area is 98.4 Å². The van der Waals surface area contributed by atoms with Gasteiger partial charge in [0.1, 0.15) is 5.70 Å². The summed E-state index contributed by atoms with van der Waals surface area (Å²) in [5.41, 5.74) is 2.40. The van der Waals surface area contributed by atoms with Crippen molar-refractivity contribution < 1.29 is 9.90 Å². The van der Waals surface area contributed by atoms with Crippen LogP contribution in [0.4, 0.5) is 0 Å². The van der Waals surface area contributed by atoms with Crippen LogP contribution < -0.4 is 5.32 Å². The molecule has 1 aliphatic rings. The molecular weight excluding hydrogens is 214 g/mol. The van der Waals surface area contributed by atoms with E-state index in [0.717, 1.165) is 11.1 Å².